The number of rotatable bonds is 7. The van der Waals surface area contributed by atoms with Gasteiger partial charge in [-0.15, -0.1) is 11.3 Å². The van der Waals surface area contributed by atoms with Crippen LogP contribution in [0.15, 0.2) is 16.3 Å². The molecule has 0 saturated heterocycles. The molecule has 18 heavy (non-hydrogen) atoms. The Balaban J connectivity index is 2.08. The second kappa shape index (κ2) is 5.69. The molecule has 1 atom stereocenters. The van der Waals surface area contributed by atoms with Crippen molar-refractivity contribution in [2.45, 2.75) is 56.6 Å². The fourth-order valence-electron chi connectivity index (χ4n) is 1.63. The summed E-state index contributed by atoms with van der Waals surface area (Å²) < 4.78 is 27.1. The average Bonchev–Trinajstić information content (AvgIpc) is 3.02. The van der Waals surface area contributed by atoms with Gasteiger partial charge in [-0.05, 0) is 37.6 Å². The highest BCUT2D eigenvalue weighted by Crippen LogP contribution is 2.25. The first-order chi connectivity index (χ1) is 8.53. The molecule has 1 aromatic heterocycles. The van der Waals surface area contributed by atoms with Crippen LogP contribution in [0.5, 0.6) is 0 Å². The summed E-state index contributed by atoms with van der Waals surface area (Å²) >= 11 is 1.50. The molecule has 4 nitrogen and oxygen atoms in total. The molecule has 1 unspecified atom stereocenters. The lowest BCUT2D eigenvalue weighted by Crippen LogP contribution is -2.32. The minimum atomic E-state index is -3.37. The second-order valence-corrected chi connectivity index (χ2v) is 7.48. The zero-order chi connectivity index (χ0) is 13.2. The third kappa shape index (κ3) is 3.54. The van der Waals surface area contributed by atoms with Gasteiger partial charge in [-0.3, -0.25) is 0 Å². The lowest BCUT2D eigenvalue weighted by atomic mass is 10.3. The highest BCUT2D eigenvalue weighted by Gasteiger charge is 2.24. The first-order valence-electron chi connectivity index (χ1n) is 6.35. The zero-order valence-corrected chi connectivity index (χ0v) is 12.4. The Labute approximate surface area is 113 Å². The van der Waals surface area contributed by atoms with Crippen molar-refractivity contribution in [1.29, 1.82) is 0 Å². The van der Waals surface area contributed by atoms with Gasteiger partial charge in [0.05, 0.1) is 4.90 Å². The zero-order valence-electron chi connectivity index (χ0n) is 10.8. The van der Waals surface area contributed by atoms with Crippen molar-refractivity contribution in [1.82, 2.24) is 10.0 Å². The minimum absolute atomic E-state index is 0.0286. The van der Waals surface area contributed by atoms with Crippen LogP contribution in [0.2, 0.25) is 0 Å². The van der Waals surface area contributed by atoms with Crippen LogP contribution in [0.3, 0.4) is 0 Å². The molecular formula is C12H20N2O2S2. The number of hydrogen-bond acceptors (Lipinski definition) is 4. The summed E-state index contributed by atoms with van der Waals surface area (Å²) in [5, 5.41) is 5.20. The monoisotopic (exact) mass is 288 g/mol. The largest absolute Gasteiger partial charge is 0.309 e. The van der Waals surface area contributed by atoms with E-state index in [1.165, 1.54) is 24.2 Å². The normalized spacial score (nSPS) is 17.9. The SMILES string of the molecule is CCC(C)NS(=O)(=O)c1ccsc1CNC1CC1. The molecule has 0 spiro atoms. The summed E-state index contributed by atoms with van der Waals surface area (Å²) in [5.41, 5.74) is 0. The Bertz CT molecular complexity index is 492. The first kappa shape index (κ1) is 14.0. The van der Waals surface area contributed by atoms with Gasteiger partial charge in [-0.2, -0.15) is 0 Å². The molecule has 102 valence electrons. The van der Waals surface area contributed by atoms with E-state index in [0.29, 0.717) is 17.5 Å². The summed E-state index contributed by atoms with van der Waals surface area (Å²) in [4.78, 5) is 1.33. The predicted molar refractivity (Wildman–Crippen MR) is 74.3 cm³/mol. The van der Waals surface area contributed by atoms with Gasteiger partial charge in [0.1, 0.15) is 0 Å². The van der Waals surface area contributed by atoms with E-state index in [9.17, 15) is 8.42 Å². The molecule has 1 aliphatic rings. The van der Waals surface area contributed by atoms with Gasteiger partial charge in [-0.25, -0.2) is 13.1 Å². The quantitative estimate of drug-likeness (QED) is 0.807. The molecule has 2 rings (SSSR count). The summed E-state index contributed by atoms with van der Waals surface area (Å²) in [7, 11) is -3.37. The topological polar surface area (TPSA) is 58.2 Å². The molecule has 1 aromatic rings. The van der Waals surface area contributed by atoms with Gasteiger partial charge in [0.2, 0.25) is 10.0 Å². The maximum Gasteiger partial charge on any atom is 0.241 e. The van der Waals surface area contributed by atoms with Gasteiger partial charge in [-0.1, -0.05) is 6.92 Å². The fraction of sp³-hybridized carbons (Fsp3) is 0.667. The van der Waals surface area contributed by atoms with Crippen LogP contribution in [-0.2, 0) is 16.6 Å². The summed E-state index contributed by atoms with van der Waals surface area (Å²) in [5.74, 6) is 0. The van der Waals surface area contributed by atoms with E-state index in [1.54, 1.807) is 6.07 Å². The molecule has 1 fully saturated rings. The molecule has 0 amide bonds. The van der Waals surface area contributed by atoms with Gasteiger partial charge in [0.25, 0.3) is 0 Å². The van der Waals surface area contributed by atoms with Crippen molar-refractivity contribution in [3.63, 3.8) is 0 Å². The standard InChI is InChI=1S/C12H20N2O2S2/c1-3-9(2)14-18(15,16)12-6-7-17-11(12)8-13-10-4-5-10/h6-7,9-10,13-14H,3-5,8H2,1-2H3. The van der Waals surface area contributed by atoms with Crippen LogP contribution in [0.1, 0.15) is 38.0 Å². The Morgan fingerprint density at radius 3 is 2.83 bits per heavy atom. The summed E-state index contributed by atoms with van der Waals surface area (Å²) in [6.07, 6.45) is 3.20. The fourth-order valence-corrected chi connectivity index (χ4v) is 4.35. The lowest BCUT2D eigenvalue weighted by Gasteiger charge is -2.12. The van der Waals surface area contributed by atoms with Crippen molar-refractivity contribution >= 4 is 21.4 Å². The van der Waals surface area contributed by atoms with E-state index in [2.05, 4.69) is 10.0 Å². The van der Waals surface area contributed by atoms with E-state index in [0.717, 1.165) is 11.3 Å². The Morgan fingerprint density at radius 2 is 2.22 bits per heavy atom. The molecular weight excluding hydrogens is 268 g/mol. The van der Waals surface area contributed by atoms with E-state index in [1.807, 2.05) is 19.2 Å². The predicted octanol–water partition coefficient (Wildman–Crippen LogP) is 2.08. The summed E-state index contributed by atoms with van der Waals surface area (Å²) in [6, 6.07) is 2.25. The maximum atomic E-state index is 12.2. The van der Waals surface area contributed by atoms with E-state index in [4.69, 9.17) is 0 Å². The molecule has 1 heterocycles. The van der Waals surface area contributed by atoms with Crippen LogP contribution in [0.4, 0.5) is 0 Å². The third-order valence-corrected chi connectivity index (χ3v) is 5.82. The van der Waals surface area contributed by atoms with Crippen molar-refractivity contribution in [2.24, 2.45) is 0 Å². The second-order valence-electron chi connectivity index (χ2n) is 4.79. The number of thiophene rings is 1. The van der Waals surface area contributed by atoms with Crippen LogP contribution in [0, 0.1) is 0 Å². The van der Waals surface area contributed by atoms with Crippen LogP contribution < -0.4 is 10.0 Å². The molecule has 0 aliphatic heterocycles. The average molecular weight is 288 g/mol. The van der Waals surface area contributed by atoms with E-state index >= 15 is 0 Å². The molecule has 1 saturated carbocycles. The molecule has 2 N–H and O–H groups in total. The van der Waals surface area contributed by atoms with Crippen LogP contribution >= 0.6 is 11.3 Å². The van der Waals surface area contributed by atoms with Crippen molar-refractivity contribution in [3.8, 4) is 0 Å². The van der Waals surface area contributed by atoms with E-state index in [-0.39, 0.29) is 6.04 Å². The maximum absolute atomic E-state index is 12.2. The van der Waals surface area contributed by atoms with Gasteiger partial charge in [0, 0.05) is 23.5 Å². The van der Waals surface area contributed by atoms with Crippen molar-refractivity contribution in [2.75, 3.05) is 0 Å². The highest BCUT2D eigenvalue weighted by atomic mass is 32.2. The van der Waals surface area contributed by atoms with Crippen molar-refractivity contribution < 1.29 is 8.42 Å². The molecule has 0 bridgehead atoms. The minimum Gasteiger partial charge on any atom is -0.309 e. The molecule has 6 heteroatoms. The lowest BCUT2D eigenvalue weighted by molar-refractivity contribution is 0.554. The van der Waals surface area contributed by atoms with Crippen molar-refractivity contribution in [3.05, 3.63) is 16.3 Å². The Kier molecular flexibility index (Phi) is 4.42. The number of sulfonamides is 1. The van der Waals surface area contributed by atoms with Crippen LogP contribution in [0.25, 0.3) is 0 Å². The Morgan fingerprint density at radius 1 is 1.50 bits per heavy atom. The van der Waals surface area contributed by atoms with Gasteiger partial charge in [0.15, 0.2) is 0 Å². The molecule has 1 aliphatic carbocycles. The van der Waals surface area contributed by atoms with Gasteiger partial charge < -0.3 is 5.32 Å². The highest BCUT2D eigenvalue weighted by molar-refractivity contribution is 7.89. The molecule has 0 aromatic carbocycles. The summed E-state index contributed by atoms with van der Waals surface area (Å²) in [6.45, 7) is 4.50. The first-order valence-corrected chi connectivity index (χ1v) is 8.71. The van der Waals surface area contributed by atoms with Gasteiger partial charge >= 0.3 is 0 Å². The molecule has 0 radical (unpaired) electrons. The number of hydrogen-bond donors (Lipinski definition) is 2. The smallest absolute Gasteiger partial charge is 0.241 e. The van der Waals surface area contributed by atoms with Crippen LogP contribution in [-0.4, -0.2) is 20.5 Å². The van der Waals surface area contributed by atoms with E-state index < -0.39 is 10.0 Å². The third-order valence-electron chi connectivity index (χ3n) is 3.09. The number of nitrogens with one attached hydrogen (secondary N) is 2. The Hall–Kier alpha value is -0.430.